The van der Waals surface area contributed by atoms with Crippen molar-refractivity contribution in [1.29, 1.82) is 0 Å². The van der Waals surface area contributed by atoms with Gasteiger partial charge in [0.1, 0.15) is 0 Å². The Morgan fingerprint density at radius 2 is 2.46 bits per heavy atom. The summed E-state index contributed by atoms with van der Waals surface area (Å²) in [5, 5.41) is 2.25. The van der Waals surface area contributed by atoms with Crippen LogP contribution in [0.25, 0.3) is 6.08 Å². The van der Waals surface area contributed by atoms with Crippen molar-refractivity contribution >= 4 is 34.3 Å². The maximum atomic E-state index is 10.6. The Morgan fingerprint density at radius 1 is 1.69 bits per heavy atom. The number of rotatable bonds is 3. The number of carbonyl (C=O) groups excluding carboxylic acids is 1. The van der Waals surface area contributed by atoms with Crippen LogP contribution in [0.15, 0.2) is 17.5 Å². The summed E-state index contributed by atoms with van der Waals surface area (Å²) in [4.78, 5) is 11.9. The SMILES string of the molecule is CC(=O)SCC=Cc1ccsc1C. The molecule has 0 bridgehead atoms. The van der Waals surface area contributed by atoms with E-state index in [1.165, 1.54) is 22.2 Å². The van der Waals surface area contributed by atoms with Gasteiger partial charge in [-0.1, -0.05) is 23.9 Å². The first kappa shape index (κ1) is 10.5. The number of hydrogen-bond donors (Lipinski definition) is 0. The van der Waals surface area contributed by atoms with Crippen LogP contribution in [0, 0.1) is 6.92 Å². The molecule has 0 spiro atoms. The van der Waals surface area contributed by atoms with Crippen molar-refractivity contribution in [2.24, 2.45) is 0 Å². The Labute approximate surface area is 86.9 Å². The van der Waals surface area contributed by atoms with E-state index in [9.17, 15) is 4.79 Å². The molecule has 0 unspecified atom stereocenters. The van der Waals surface area contributed by atoms with Gasteiger partial charge in [0.2, 0.25) is 0 Å². The summed E-state index contributed by atoms with van der Waals surface area (Å²) in [6.07, 6.45) is 4.10. The first-order chi connectivity index (χ1) is 6.20. The van der Waals surface area contributed by atoms with Gasteiger partial charge in [-0.15, -0.1) is 11.3 Å². The van der Waals surface area contributed by atoms with Crippen LogP contribution in [-0.2, 0) is 4.79 Å². The summed E-state index contributed by atoms with van der Waals surface area (Å²) in [7, 11) is 0. The fraction of sp³-hybridized carbons (Fsp3) is 0.300. The van der Waals surface area contributed by atoms with Gasteiger partial charge >= 0.3 is 0 Å². The Balaban J connectivity index is 2.41. The first-order valence-electron chi connectivity index (χ1n) is 4.04. The molecule has 0 radical (unpaired) electrons. The molecule has 0 saturated heterocycles. The molecular weight excluding hydrogens is 200 g/mol. The van der Waals surface area contributed by atoms with Crippen molar-refractivity contribution in [2.45, 2.75) is 13.8 Å². The second-order valence-corrected chi connectivity index (χ2v) is 4.95. The van der Waals surface area contributed by atoms with Crippen molar-refractivity contribution in [3.8, 4) is 0 Å². The molecule has 1 aromatic rings. The van der Waals surface area contributed by atoms with Crippen molar-refractivity contribution in [3.05, 3.63) is 28.0 Å². The average molecular weight is 212 g/mol. The van der Waals surface area contributed by atoms with E-state index >= 15 is 0 Å². The highest BCUT2D eigenvalue weighted by atomic mass is 32.2. The van der Waals surface area contributed by atoms with E-state index in [2.05, 4.69) is 24.4 Å². The van der Waals surface area contributed by atoms with Gasteiger partial charge in [-0.3, -0.25) is 4.79 Å². The van der Waals surface area contributed by atoms with Crippen molar-refractivity contribution in [2.75, 3.05) is 5.75 Å². The molecule has 1 nitrogen and oxygen atoms in total. The zero-order valence-electron chi connectivity index (χ0n) is 7.74. The van der Waals surface area contributed by atoms with Gasteiger partial charge < -0.3 is 0 Å². The average Bonchev–Trinajstić information content (AvgIpc) is 2.45. The minimum Gasteiger partial charge on any atom is -0.288 e. The second-order valence-electron chi connectivity index (χ2n) is 2.64. The molecule has 3 heteroatoms. The summed E-state index contributed by atoms with van der Waals surface area (Å²) in [6.45, 7) is 3.69. The summed E-state index contributed by atoms with van der Waals surface area (Å²) in [5.41, 5.74) is 1.26. The maximum Gasteiger partial charge on any atom is 0.186 e. The lowest BCUT2D eigenvalue weighted by molar-refractivity contribution is -0.109. The van der Waals surface area contributed by atoms with Crippen LogP contribution in [-0.4, -0.2) is 10.9 Å². The Kier molecular flexibility index (Phi) is 4.25. The van der Waals surface area contributed by atoms with Gasteiger partial charge in [-0.25, -0.2) is 0 Å². The van der Waals surface area contributed by atoms with E-state index < -0.39 is 0 Å². The summed E-state index contributed by atoms with van der Waals surface area (Å²) in [5.74, 6) is 0.768. The molecule has 0 atom stereocenters. The van der Waals surface area contributed by atoms with Gasteiger partial charge in [0.15, 0.2) is 5.12 Å². The largest absolute Gasteiger partial charge is 0.288 e. The van der Waals surface area contributed by atoms with Crippen LogP contribution in [0.1, 0.15) is 17.4 Å². The maximum absolute atomic E-state index is 10.6. The van der Waals surface area contributed by atoms with Crippen molar-refractivity contribution in [1.82, 2.24) is 0 Å². The first-order valence-corrected chi connectivity index (χ1v) is 5.90. The number of hydrogen-bond acceptors (Lipinski definition) is 3. The highest BCUT2D eigenvalue weighted by Crippen LogP contribution is 2.16. The number of aryl methyl sites for hydroxylation is 1. The van der Waals surface area contributed by atoms with Crippen molar-refractivity contribution in [3.63, 3.8) is 0 Å². The fourth-order valence-corrected chi connectivity index (χ4v) is 2.03. The normalized spacial score (nSPS) is 10.9. The standard InChI is InChI=1S/C10H12OS2/c1-8-10(5-7-12-8)4-3-6-13-9(2)11/h3-5,7H,6H2,1-2H3. The third-order valence-corrected chi connectivity index (χ3v) is 3.21. The molecule has 0 N–H and O–H groups in total. The smallest absolute Gasteiger partial charge is 0.186 e. The molecule has 0 saturated carbocycles. The van der Waals surface area contributed by atoms with E-state index in [-0.39, 0.29) is 5.12 Å². The lowest BCUT2D eigenvalue weighted by Gasteiger charge is -1.90. The molecular formula is C10H12OS2. The Bertz CT molecular complexity index is 312. The number of thiophene rings is 1. The predicted molar refractivity (Wildman–Crippen MR) is 61.2 cm³/mol. The molecule has 1 aromatic heterocycles. The van der Waals surface area contributed by atoms with E-state index in [1.807, 2.05) is 6.08 Å². The highest BCUT2D eigenvalue weighted by molar-refractivity contribution is 8.13. The van der Waals surface area contributed by atoms with Crippen LogP contribution in [0.2, 0.25) is 0 Å². The third-order valence-electron chi connectivity index (χ3n) is 1.58. The Hall–Kier alpha value is -0.540. The molecule has 70 valence electrons. The summed E-state index contributed by atoms with van der Waals surface area (Å²) >= 11 is 3.08. The Morgan fingerprint density at radius 3 is 3.00 bits per heavy atom. The van der Waals surface area contributed by atoms with E-state index in [1.54, 1.807) is 18.3 Å². The van der Waals surface area contributed by atoms with Gasteiger partial charge in [-0.05, 0) is 23.9 Å². The lowest BCUT2D eigenvalue weighted by atomic mass is 10.2. The van der Waals surface area contributed by atoms with Gasteiger partial charge in [-0.2, -0.15) is 0 Å². The molecule has 0 aliphatic rings. The fourth-order valence-electron chi connectivity index (χ4n) is 0.908. The molecule has 0 aliphatic heterocycles. The number of thioether (sulfide) groups is 1. The third kappa shape index (κ3) is 3.79. The predicted octanol–water partition coefficient (Wildman–Crippen LogP) is 3.35. The molecule has 0 aliphatic carbocycles. The van der Waals surface area contributed by atoms with Crippen molar-refractivity contribution < 1.29 is 4.79 Å². The minimum atomic E-state index is 0.173. The van der Waals surface area contributed by atoms with E-state index in [0.717, 1.165) is 5.75 Å². The topological polar surface area (TPSA) is 17.1 Å². The van der Waals surface area contributed by atoms with Gasteiger partial charge in [0.25, 0.3) is 0 Å². The molecule has 1 heterocycles. The van der Waals surface area contributed by atoms with Crippen LogP contribution in [0.3, 0.4) is 0 Å². The molecule has 0 amide bonds. The lowest BCUT2D eigenvalue weighted by Crippen LogP contribution is -1.81. The number of carbonyl (C=O) groups is 1. The highest BCUT2D eigenvalue weighted by Gasteiger charge is 1.93. The van der Waals surface area contributed by atoms with Crippen LogP contribution in [0.4, 0.5) is 0 Å². The quantitative estimate of drug-likeness (QED) is 0.764. The minimum absolute atomic E-state index is 0.173. The summed E-state index contributed by atoms with van der Waals surface area (Å²) < 4.78 is 0. The molecule has 0 aromatic carbocycles. The molecule has 13 heavy (non-hydrogen) atoms. The monoisotopic (exact) mass is 212 g/mol. The van der Waals surface area contributed by atoms with Crippen LogP contribution >= 0.6 is 23.1 Å². The van der Waals surface area contributed by atoms with Gasteiger partial charge in [0, 0.05) is 17.6 Å². The van der Waals surface area contributed by atoms with E-state index in [4.69, 9.17) is 0 Å². The zero-order valence-corrected chi connectivity index (χ0v) is 9.37. The van der Waals surface area contributed by atoms with Crippen LogP contribution in [0.5, 0.6) is 0 Å². The zero-order chi connectivity index (χ0) is 9.68. The molecule has 0 fully saturated rings. The second kappa shape index (κ2) is 5.25. The molecule has 1 rings (SSSR count). The van der Waals surface area contributed by atoms with Gasteiger partial charge in [0.05, 0.1) is 0 Å². The van der Waals surface area contributed by atoms with E-state index in [0.29, 0.717) is 0 Å². The summed E-state index contributed by atoms with van der Waals surface area (Å²) in [6, 6.07) is 2.09. The van der Waals surface area contributed by atoms with Crippen LogP contribution < -0.4 is 0 Å².